The van der Waals surface area contributed by atoms with Crippen LogP contribution in [0.2, 0.25) is 5.02 Å². The average molecular weight is 508 g/mol. The van der Waals surface area contributed by atoms with Crippen molar-refractivity contribution in [3.05, 3.63) is 53.3 Å². The highest BCUT2D eigenvalue weighted by atomic mass is 35.5. The number of rotatable bonds is 7. The summed E-state index contributed by atoms with van der Waals surface area (Å²) in [5.41, 5.74) is 6.03. The fourth-order valence-electron chi connectivity index (χ4n) is 4.95. The Morgan fingerprint density at radius 1 is 1.06 bits per heavy atom. The molecular formula is C28H34ClN5O2. The van der Waals surface area contributed by atoms with Crippen LogP contribution in [0.5, 0.6) is 5.75 Å². The molecule has 190 valence electrons. The lowest BCUT2D eigenvalue weighted by Crippen LogP contribution is -2.46. The van der Waals surface area contributed by atoms with Crippen molar-refractivity contribution < 1.29 is 9.47 Å². The molecule has 1 saturated heterocycles. The number of fused-ring (bicyclic) bond motifs is 3. The molecule has 7 nitrogen and oxygen atoms in total. The van der Waals surface area contributed by atoms with E-state index in [9.17, 15) is 0 Å². The Kier molecular flexibility index (Phi) is 7.06. The van der Waals surface area contributed by atoms with E-state index in [2.05, 4.69) is 66.4 Å². The van der Waals surface area contributed by atoms with Gasteiger partial charge in [0.2, 0.25) is 5.95 Å². The van der Waals surface area contributed by atoms with Gasteiger partial charge in [0.1, 0.15) is 5.75 Å². The van der Waals surface area contributed by atoms with Gasteiger partial charge < -0.3 is 19.3 Å². The SMILES string of the molecule is Cc1nc(N2C[C@@H](C)O[C@@H](C)C2)n2c1cnc1ccc(-c3ccc(OCCCN(C)C)c(Cl)c3)cc12. The molecule has 4 aromatic rings. The van der Waals surface area contributed by atoms with Crippen molar-refractivity contribution in [2.45, 2.75) is 39.4 Å². The summed E-state index contributed by atoms with van der Waals surface area (Å²) in [5, 5.41) is 0.615. The minimum absolute atomic E-state index is 0.149. The number of anilines is 1. The third-order valence-corrected chi connectivity index (χ3v) is 6.89. The smallest absolute Gasteiger partial charge is 0.211 e. The van der Waals surface area contributed by atoms with Crippen LogP contribution in [0.25, 0.3) is 27.7 Å². The number of aromatic nitrogens is 3. The van der Waals surface area contributed by atoms with E-state index in [0.717, 1.165) is 65.4 Å². The normalized spacial score (nSPS) is 18.5. The van der Waals surface area contributed by atoms with Crippen molar-refractivity contribution in [2.75, 3.05) is 45.2 Å². The summed E-state index contributed by atoms with van der Waals surface area (Å²) in [6.07, 6.45) is 3.17. The molecule has 2 atom stereocenters. The number of halogens is 1. The van der Waals surface area contributed by atoms with Crippen LogP contribution >= 0.6 is 11.6 Å². The van der Waals surface area contributed by atoms with Crippen LogP contribution in [0.4, 0.5) is 5.95 Å². The lowest BCUT2D eigenvalue weighted by atomic mass is 10.0. The number of imidazole rings is 1. The fraction of sp³-hybridized carbons (Fsp3) is 0.429. The van der Waals surface area contributed by atoms with Crippen molar-refractivity contribution in [2.24, 2.45) is 0 Å². The number of ether oxygens (including phenoxy) is 2. The molecule has 2 aromatic carbocycles. The number of benzene rings is 2. The van der Waals surface area contributed by atoms with E-state index in [-0.39, 0.29) is 12.2 Å². The minimum atomic E-state index is 0.149. The van der Waals surface area contributed by atoms with Crippen molar-refractivity contribution in [3.8, 4) is 16.9 Å². The molecule has 3 heterocycles. The highest BCUT2D eigenvalue weighted by Crippen LogP contribution is 2.33. The number of aryl methyl sites for hydroxylation is 1. The number of hydrogen-bond donors (Lipinski definition) is 0. The summed E-state index contributed by atoms with van der Waals surface area (Å²) in [6.45, 7) is 9.49. The Morgan fingerprint density at radius 3 is 2.50 bits per heavy atom. The molecule has 5 rings (SSSR count). The Bertz CT molecular complexity index is 1380. The molecule has 0 spiro atoms. The quantitative estimate of drug-likeness (QED) is 0.310. The van der Waals surface area contributed by atoms with E-state index in [0.29, 0.717) is 17.4 Å². The Hall–Kier alpha value is -2.87. The van der Waals surface area contributed by atoms with Gasteiger partial charge in [-0.1, -0.05) is 23.7 Å². The second kappa shape index (κ2) is 10.2. The summed E-state index contributed by atoms with van der Waals surface area (Å²) in [7, 11) is 4.12. The summed E-state index contributed by atoms with van der Waals surface area (Å²) in [4.78, 5) is 14.2. The molecule has 36 heavy (non-hydrogen) atoms. The van der Waals surface area contributed by atoms with E-state index >= 15 is 0 Å². The van der Waals surface area contributed by atoms with Gasteiger partial charge in [0.25, 0.3) is 0 Å². The van der Waals surface area contributed by atoms with Gasteiger partial charge in [-0.15, -0.1) is 0 Å². The molecule has 0 radical (unpaired) electrons. The van der Waals surface area contributed by atoms with E-state index < -0.39 is 0 Å². The molecule has 8 heteroatoms. The van der Waals surface area contributed by atoms with Gasteiger partial charge in [-0.2, -0.15) is 0 Å². The fourth-order valence-corrected chi connectivity index (χ4v) is 5.19. The topological polar surface area (TPSA) is 55.1 Å². The standard InChI is InChI=1S/C28H34ClN5O2/c1-18-16-33(17-19(2)36-18)28-31-20(3)26-15-30-24-9-7-22(14-25(24)34(26)28)21-8-10-27(23(29)13-21)35-12-6-11-32(4)5/h7-10,13-15,18-19H,6,11-12,16-17H2,1-5H3/t18-,19+. The maximum atomic E-state index is 6.61. The van der Waals surface area contributed by atoms with Crippen molar-refractivity contribution in [1.29, 1.82) is 0 Å². The highest BCUT2D eigenvalue weighted by Gasteiger charge is 2.26. The minimum Gasteiger partial charge on any atom is -0.492 e. The molecule has 1 aliphatic heterocycles. The third kappa shape index (κ3) is 5.01. The molecule has 0 unspecified atom stereocenters. The van der Waals surface area contributed by atoms with Crippen LogP contribution in [-0.2, 0) is 4.74 Å². The average Bonchev–Trinajstić information content (AvgIpc) is 3.18. The van der Waals surface area contributed by atoms with Crippen LogP contribution in [0.1, 0.15) is 26.0 Å². The van der Waals surface area contributed by atoms with Gasteiger partial charge in [-0.05, 0) is 76.7 Å². The first-order chi connectivity index (χ1) is 17.3. The van der Waals surface area contributed by atoms with E-state index in [4.69, 9.17) is 31.0 Å². The molecule has 2 aromatic heterocycles. The first kappa shape index (κ1) is 24.8. The van der Waals surface area contributed by atoms with Crippen LogP contribution in [0.15, 0.2) is 42.6 Å². The maximum Gasteiger partial charge on any atom is 0.211 e. The summed E-state index contributed by atoms with van der Waals surface area (Å²) in [6, 6.07) is 12.3. The summed E-state index contributed by atoms with van der Waals surface area (Å²) in [5.74, 6) is 1.65. The Balaban J connectivity index is 1.51. The van der Waals surface area contributed by atoms with Crippen molar-refractivity contribution >= 4 is 34.1 Å². The van der Waals surface area contributed by atoms with Crippen molar-refractivity contribution in [1.82, 2.24) is 19.3 Å². The molecule has 1 aliphatic rings. The van der Waals surface area contributed by atoms with Gasteiger partial charge >= 0.3 is 0 Å². The zero-order chi connectivity index (χ0) is 25.4. The highest BCUT2D eigenvalue weighted by molar-refractivity contribution is 6.32. The molecule has 1 fully saturated rings. The van der Waals surface area contributed by atoms with Crippen LogP contribution < -0.4 is 9.64 Å². The molecule has 0 N–H and O–H groups in total. The Morgan fingerprint density at radius 2 is 1.78 bits per heavy atom. The molecule has 0 aliphatic carbocycles. The zero-order valence-electron chi connectivity index (χ0n) is 21.7. The van der Waals surface area contributed by atoms with E-state index in [1.165, 1.54) is 0 Å². The van der Waals surface area contributed by atoms with Gasteiger partial charge in [-0.3, -0.25) is 9.38 Å². The predicted molar refractivity (Wildman–Crippen MR) is 147 cm³/mol. The summed E-state index contributed by atoms with van der Waals surface area (Å²) < 4.78 is 14.1. The first-order valence-electron chi connectivity index (χ1n) is 12.6. The van der Waals surface area contributed by atoms with Crippen LogP contribution in [-0.4, -0.2) is 71.8 Å². The van der Waals surface area contributed by atoms with Gasteiger partial charge in [-0.25, -0.2) is 4.98 Å². The van der Waals surface area contributed by atoms with E-state index in [1.807, 2.05) is 25.3 Å². The maximum absolute atomic E-state index is 6.61. The number of nitrogens with zero attached hydrogens (tertiary/aromatic N) is 5. The Labute approximate surface area is 217 Å². The second-order valence-electron chi connectivity index (χ2n) is 9.99. The zero-order valence-corrected chi connectivity index (χ0v) is 22.4. The van der Waals surface area contributed by atoms with Gasteiger partial charge in [0.15, 0.2) is 0 Å². The van der Waals surface area contributed by atoms with Crippen molar-refractivity contribution in [3.63, 3.8) is 0 Å². The lowest BCUT2D eigenvalue weighted by molar-refractivity contribution is -0.00573. The molecular weight excluding hydrogens is 474 g/mol. The molecule has 0 amide bonds. The molecule has 0 saturated carbocycles. The summed E-state index contributed by atoms with van der Waals surface area (Å²) >= 11 is 6.61. The van der Waals surface area contributed by atoms with Crippen LogP contribution in [0, 0.1) is 6.92 Å². The van der Waals surface area contributed by atoms with E-state index in [1.54, 1.807) is 0 Å². The van der Waals surface area contributed by atoms with Gasteiger partial charge in [0, 0.05) is 19.6 Å². The largest absolute Gasteiger partial charge is 0.492 e. The number of hydrogen-bond acceptors (Lipinski definition) is 6. The first-order valence-corrected chi connectivity index (χ1v) is 12.9. The third-order valence-electron chi connectivity index (χ3n) is 6.60. The molecule has 0 bridgehead atoms. The van der Waals surface area contributed by atoms with Gasteiger partial charge in [0.05, 0.1) is 52.3 Å². The predicted octanol–water partition coefficient (Wildman–Crippen LogP) is 5.46. The van der Waals surface area contributed by atoms with Crippen LogP contribution in [0.3, 0.4) is 0 Å². The number of morpholine rings is 1. The lowest BCUT2D eigenvalue weighted by Gasteiger charge is -2.35. The second-order valence-corrected chi connectivity index (χ2v) is 10.4. The monoisotopic (exact) mass is 507 g/mol.